The van der Waals surface area contributed by atoms with Gasteiger partial charge in [-0.1, -0.05) is 24.8 Å². The first-order valence-corrected chi connectivity index (χ1v) is 4.03. The lowest BCUT2D eigenvalue weighted by molar-refractivity contribution is 0.0315. The Bertz CT molecular complexity index is 265. The average molecular weight is 164 g/mol. The molecule has 2 heteroatoms. The molecule has 2 unspecified atom stereocenters. The molecule has 64 valence electrons. The molecule has 0 spiro atoms. The van der Waals surface area contributed by atoms with Crippen molar-refractivity contribution < 1.29 is 9.47 Å². The van der Waals surface area contributed by atoms with Crippen molar-refractivity contribution in [3.63, 3.8) is 0 Å². The molecule has 2 aliphatic rings. The molecule has 1 aliphatic heterocycles. The van der Waals surface area contributed by atoms with Gasteiger partial charge >= 0.3 is 0 Å². The van der Waals surface area contributed by atoms with Crippen LogP contribution in [0.25, 0.3) is 0 Å². The van der Waals surface area contributed by atoms with Crippen LogP contribution in [0.5, 0.6) is 0 Å². The smallest absolute Gasteiger partial charge is 0.149 e. The lowest BCUT2D eigenvalue weighted by Gasteiger charge is -2.29. The summed E-state index contributed by atoms with van der Waals surface area (Å²) >= 11 is 0. The predicted molar refractivity (Wildman–Crippen MR) is 46.7 cm³/mol. The highest BCUT2D eigenvalue weighted by Gasteiger charge is 2.43. The molecule has 0 aromatic carbocycles. The molecule has 1 aliphatic carbocycles. The minimum atomic E-state index is -0.394. The molecule has 2 nitrogen and oxygen atoms in total. The third-order valence-electron chi connectivity index (χ3n) is 2.38. The Kier molecular flexibility index (Phi) is 1.67. The molecule has 0 aromatic heterocycles. The van der Waals surface area contributed by atoms with Gasteiger partial charge in [0.1, 0.15) is 18.5 Å². The number of hydrogen-bond donors (Lipinski definition) is 0. The fraction of sp³-hybridized carbons (Fsp3) is 0.400. The summed E-state index contributed by atoms with van der Waals surface area (Å²) in [5, 5.41) is 0. The molecule has 0 bridgehead atoms. The van der Waals surface area contributed by atoms with Crippen LogP contribution in [0.15, 0.2) is 36.5 Å². The number of hydrogen-bond acceptors (Lipinski definition) is 2. The summed E-state index contributed by atoms with van der Waals surface area (Å²) < 4.78 is 10.9. The van der Waals surface area contributed by atoms with Crippen LogP contribution in [-0.4, -0.2) is 18.5 Å². The van der Waals surface area contributed by atoms with Crippen LogP contribution in [0, 0.1) is 0 Å². The van der Waals surface area contributed by atoms with E-state index in [1.807, 2.05) is 31.2 Å². The molecule has 0 N–H and O–H groups in total. The van der Waals surface area contributed by atoms with Gasteiger partial charge in [-0.15, -0.1) is 0 Å². The van der Waals surface area contributed by atoms with Gasteiger partial charge in [0.25, 0.3) is 0 Å². The first-order chi connectivity index (χ1) is 5.76. The summed E-state index contributed by atoms with van der Waals surface area (Å²) in [5.41, 5.74) is 0.597. The van der Waals surface area contributed by atoms with E-state index in [0.717, 1.165) is 5.57 Å². The Morgan fingerprint density at radius 1 is 1.58 bits per heavy atom. The van der Waals surface area contributed by atoms with Crippen molar-refractivity contribution in [2.45, 2.75) is 18.6 Å². The predicted octanol–water partition coefficient (Wildman–Crippen LogP) is 1.80. The van der Waals surface area contributed by atoms with Gasteiger partial charge in [0.2, 0.25) is 0 Å². The zero-order valence-corrected chi connectivity index (χ0v) is 7.12. The second-order valence-electron chi connectivity index (χ2n) is 3.17. The van der Waals surface area contributed by atoms with Crippen LogP contribution in [-0.2, 0) is 9.47 Å². The number of fused-ring (bicyclic) bond motifs is 1. The summed E-state index contributed by atoms with van der Waals surface area (Å²) in [4.78, 5) is 0. The Balaban J connectivity index is 2.38. The minimum absolute atomic E-state index is 0.0139. The van der Waals surface area contributed by atoms with Crippen molar-refractivity contribution in [2.75, 3.05) is 6.79 Å². The Hall–Kier alpha value is -0.860. The Labute approximate surface area is 72.2 Å². The number of allylic oxidation sites excluding steroid dienone is 2. The molecular weight excluding hydrogens is 152 g/mol. The Morgan fingerprint density at radius 3 is 3.08 bits per heavy atom. The van der Waals surface area contributed by atoms with Crippen molar-refractivity contribution in [3.05, 3.63) is 36.5 Å². The molecule has 12 heavy (non-hydrogen) atoms. The largest absolute Gasteiger partial charge is 0.344 e. The molecule has 1 fully saturated rings. The molecule has 1 heterocycles. The van der Waals surface area contributed by atoms with Crippen LogP contribution in [0.1, 0.15) is 6.92 Å². The van der Waals surface area contributed by atoms with E-state index < -0.39 is 5.60 Å². The fourth-order valence-electron chi connectivity index (χ4n) is 1.62. The molecule has 0 saturated carbocycles. The summed E-state index contributed by atoms with van der Waals surface area (Å²) in [6, 6.07) is 0. The molecule has 0 aromatic rings. The van der Waals surface area contributed by atoms with Crippen molar-refractivity contribution in [1.82, 2.24) is 0 Å². The second-order valence-corrected chi connectivity index (χ2v) is 3.17. The summed E-state index contributed by atoms with van der Waals surface area (Å²) in [5.74, 6) is 0. The third-order valence-corrected chi connectivity index (χ3v) is 2.38. The number of rotatable bonds is 1. The minimum Gasteiger partial charge on any atom is -0.344 e. The van der Waals surface area contributed by atoms with Gasteiger partial charge in [0.05, 0.1) is 0 Å². The van der Waals surface area contributed by atoms with Gasteiger partial charge in [-0.3, -0.25) is 0 Å². The van der Waals surface area contributed by atoms with E-state index in [1.165, 1.54) is 0 Å². The van der Waals surface area contributed by atoms with Crippen molar-refractivity contribution in [2.24, 2.45) is 0 Å². The molecular formula is C10H12O2. The standard InChI is InChI=1S/C10H12O2/c1-8(2)10-6-4-3-5-9(10)11-7-12-10/h3-6,9H,1,7H2,2H3. The van der Waals surface area contributed by atoms with E-state index in [-0.39, 0.29) is 6.10 Å². The van der Waals surface area contributed by atoms with Crippen molar-refractivity contribution in [1.29, 1.82) is 0 Å². The normalized spacial score (nSPS) is 38.2. The first kappa shape index (κ1) is 7.77. The maximum Gasteiger partial charge on any atom is 0.149 e. The van der Waals surface area contributed by atoms with Gasteiger partial charge in [0.15, 0.2) is 0 Å². The van der Waals surface area contributed by atoms with E-state index in [0.29, 0.717) is 6.79 Å². The van der Waals surface area contributed by atoms with Crippen molar-refractivity contribution >= 4 is 0 Å². The van der Waals surface area contributed by atoms with Gasteiger partial charge in [0, 0.05) is 0 Å². The number of ether oxygens (including phenoxy) is 2. The fourth-order valence-corrected chi connectivity index (χ4v) is 1.62. The Morgan fingerprint density at radius 2 is 2.42 bits per heavy atom. The van der Waals surface area contributed by atoms with E-state index in [2.05, 4.69) is 6.58 Å². The van der Waals surface area contributed by atoms with Crippen LogP contribution in [0.3, 0.4) is 0 Å². The van der Waals surface area contributed by atoms with Crippen LogP contribution >= 0.6 is 0 Å². The lowest BCUT2D eigenvalue weighted by atomic mass is 9.86. The molecule has 0 radical (unpaired) electrons. The van der Waals surface area contributed by atoms with Crippen molar-refractivity contribution in [3.8, 4) is 0 Å². The van der Waals surface area contributed by atoms with E-state index in [1.54, 1.807) is 0 Å². The molecule has 2 rings (SSSR count). The second kappa shape index (κ2) is 2.57. The molecule has 2 atom stereocenters. The first-order valence-electron chi connectivity index (χ1n) is 4.03. The quantitative estimate of drug-likeness (QED) is 0.550. The zero-order chi connectivity index (χ0) is 8.60. The maximum absolute atomic E-state index is 5.55. The van der Waals surface area contributed by atoms with E-state index in [9.17, 15) is 0 Å². The van der Waals surface area contributed by atoms with Crippen LogP contribution < -0.4 is 0 Å². The van der Waals surface area contributed by atoms with Crippen LogP contribution in [0.4, 0.5) is 0 Å². The van der Waals surface area contributed by atoms with Gasteiger partial charge in [-0.25, -0.2) is 0 Å². The SMILES string of the molecule is C=C(C)C12C=CC=CC1OCO2. The summed E-state index contributed by atoms with van der Waals surface area (Å²) in [6.07, 6.45) is 7.97. The van der Waals surface area contributed by atoms with E-state index in [4.69, 9.17) is 9.47 Å². The third kappa shape index (κ3) is 0.886. The highest BCUT2D eigenvalue weighted by molar-refractivity contribution is 5.34. The van der Waals surface area contributed by atoms with Gasteiger partial charge in [-0.05, 0) is 18.6 Å². The summed E-state index contributed by atoms with van der Waals surface area (Å²) in [6.45, 7) is 6.24. The summed E-state index contributed by atoms with van der Waals surface area (Å²) in [7, 11) is 0. The van der Waals surface area contributed by atoms with E-state index >= 15 is 0 Å². The highest BCUT2D eigenvalue weighted by atomic mass is 16.7. The molecule has 1 saturated heterocycles. The van der Waals surface area contributed by atoms with Gasteiger partial charge < -0.3 is 9.47 Å². The monoisotopic (exact) mass is 164 g/mol. The molecule has 0 amide bonds. The highest BCUT2D eigenvalue weighted by Crippen LogP contribution is 2.36. The van der Waals surface area contributed by atoms with Crippen LogP contribution in [0.2, 0.25) is 0 Å². The maximum atomic E-state index is 5.55. The average Bonchev–Trinajstić information content (AvgIpc) is 2.48. The zero-order valence-electron chi connectivity index (χ0n) is 7.12. The van der Waals surface area contributed by atoms with Gasteiger partial charge in [-0.2, -0.15) is 0 Å². The topological polar surface area (TPSA) is 18.5 Å². The lowest BCUT2D eigenvalue weighted by Crippen LogP contribution is -2.38.